The van der Waals surface area contributed by atoms with Crippen molar-refractivity contribution in [2.24, 2.45) is 0 Å². The predicted molar refractivity (Wildman–Crippen MR) is 130 cm³/mol. The van der Waals surface area contributed by atoms with E-state index in [-0.39, 0.29) is 42.6 Å². The third-order valence-electron chi connectivity index (χ3n) is 5.85. The topological polar surface area (TPSA) is 195 Å². The van der Waals surface area contributed by atoms with E-state index in [0.717, 1.165) is 5.56 Å². The van der Waals surface area contributed by atoms with Gasteiger partial charge in [0.25, 0.3) is 0 Å². The van der Waals surface area contributed by atoms with Gasteiger partial charge in [0.2, 0.25) is 11.8 Å². The van der Waals surface area contributed by atoms with Crippen LogP contribution in [0.25, 0.3) is 11.2 Å². The number of benzene rings is 1. The molecule has 14 nitrogen and oxygen atoms in total. The van der Waals surface area contributed by atoms with Crippen molar-refractivity contribution in [3.05, 3.63) is 48.0 Å². The molecule has 1 aliphatic rings. The lowest BCUT2D eigenvalue weighted by Gasteiger charge is -2.18. The van der Waals surface area contributed by atoms with Crippen LogP contribution in [0.2, 0.25) is 0 Å². The van der Waals surface area contributed by atoms with Crippen LogP contribution in [0.5, 0.6) is 0 Å². The molecule has 1 fully saturated rings. The fourth-order valence-electron chi connectivity index (χ4n) is 4.04. The maximum Gasteiger partial charge on any atom is 0.227 e. The molecule has 0 spiro atoms. The third-order valence-corrected chi connectivity index (χ3v) is 5.85. The minimum absolute atomic E-state index is 0. The van der Waals surface area contributed by atoms with E-state index in [2.05, 4.69) is 35.7 Å². The molecule has 1 aliphatic heterocycles. The number of aliphatic hydroxyl groups excluding tert-OH is 3. The highest BCUT2D eigenvalue weighted by Gasteiger charge is 2.47. The number of hydrogen-bond acceptors (Lipinski definition) is 12. The molecular formula is C21H27ClN10O4. The number of hydrogen-bond donors (Lipinski definition) is 5. The number of aliphatic hydroxyl groups is 3. The van der Waals surface area contributed by atoms with E-state index in [9.17, 15) is 15.3 Å². The van der Waals surface area contributed by atoms with Crippen LogP contribution in [0.15, 0.2) is 36.7 Å². The van der Waals surface area contributed by atoms with Gasteiger partial charge in [0, 0.05) is 0 Å². The van der Waals surface area contributed by atoms with E-state index in [1.165, 1.54) is 15.7 Å². The molecular weight excluding hydrogens is 492 g/mol. The van der Waals surface area contributed by atoms with Crippen molar-refractivity contribution in [1.82, 2.24) is 39.7 Å². The minimum atomic E-state index is -1.32. The summed E-state index contributed by atoms with van der Waals surface area (Å²) in [4.78, 5) is 14.4. The highest BCUT2D eigenvalue weighted by Crippen LogP contribution is 2.38. The van der Waals surface area contributed by atoms with Gasteiger partial charge in [0.1, 0.15) is 17.7 Å². The second kappa shape index (κ2) is 10.7. The Morgan fingerprint density at radius 2 is 1.94 bits per heavy atom. The zero-order valence-corrected chi connectivity index (χ0v) is 20.1. The van der Waals surface area contributed by atoms with Crippen molar-refractivity contribution in [2.75, 3.05) is 17.7 Å². The molecule has 3 aromatic heterocycles. The highest BCUT2D eigenvalue weighted by molar-refractivity contribution is 5.85. The number of nitrogens with one attached hydrogen (secondary N) is 1. The quantitative estimate of drug-likeness (QED) is 0.207. The van der Waals surface area contributed by atoms with Gasteiger partial charge in [0.15, 0.2) is 23.8 Å². The Kier molecular flexibility index (Phi) is 7.61. The van der Waals surface area contributed by atoms with E-state index in [4.69, 9.17) is 10.5 Å². The zero-order chi connectivity index (χ0) is 24.5. The molecule has 6 N–H and O–H groups in total. The van der Waals surface area contributed by atoms with Crippen LogP contribution >= 0.6 is 12.4 Å². The Labute approximate surface area is 211 Å². The van der Waals surface area contributed by atoms with Gasteiger partial charge in [-0.3, -0.25) is 4.57 Å². The van der Waals surface area contributed by atoms with Gasteiger partial charge in [0.05, 0.1) is 25.5 Å². The molecule has 0 radical (unpaired) electrons. The smallest absolute Gasteiger partial charge is 0.227 e. The molecule has 1 saturated heterocycles. The van der Waals surface area contributed by atoms with Crippen molar-refractivity contribution < 1.29 is 20.1 Å². The SMILES string of the molecule is CCn1nnc([C@H]2O[C@@H](n3cnc4c(N)nc(N[C@H](CO)Cc5ccccc5)nc43)[C@H](O)[C@@H]2O)n1.Cl. The molecule has 5 atom stereocenters. The fraction of sp³-hybridized carbons (Fsp3) is 0.429. The number of fused-ring (bicyclic) bond motifs is 1. The number of aryl methyl sites for hydroxylation is 1. The first-order chi connectivity index (χ1) is 17.0. The summed E-state index contributed by atoms with van der Waals surface area (Å²) in [6.45, 7) is 2.20. The van der Waals surface area contributed by atoms with Crippen LogP contribution < -0.4 is 11.1 Å². The van der Waals surface area contributed by atoms with E-state index in [0.29, 0.717) is 24.1 Å². The molecule has 0 saturated carbocycles. The standard InChI is InChI=1S/C21H26N10O4.ClH/c1-2-31-28-18(27-29-31)16-14(33)15(34)20(35-16)30-10-23-13-17(22)25-21(26-19(13)30)24-12(9-32)8-11-6-4-3-5-7-11;/h3-7,10,12,14-16,20,32-34H,2,8-9H2,1H3,(H3,22,24,25,26);1H/t12-,14-,15+,16-,20+;/m0./s1. The maximum absolute atomic E-state index is 10.7. The van der Waals surface area contributed by atoms with E-state index >= 15 is 0 Å². The van der Waals surface area contributed by atoms with Gasteiger partial charge in [-0.05, 0) is 24.1 Å². The summed E-state index contributed by atoms with van der Waals surface area (Å²) < 4.78 is 7.40. The Hall–Kier alpha value is -3.43. The molecule has 4 heterocycles. The Bertz CT molecular complexity index is 1300. The number of nitrogens with two attached hydrogens (primary N) is 1. The number of tetrazole rings is 1. The van der Waals surface area contributed by atoms with Crippen molar-refractivity contribution >= 4 is 35.3 Å². The van der Waals surface area contributed by atoms with Gasteiger partial charge < -0.3 is 31.1 Å². The second-order valence-electron chi connectivity index (χ2n) is 8.23. The summed E-state index contributed by atoms with van der Waals surface area (Å²) in [6, 6.07) is 9.34. The maximum atomic E-state index is 10.7. The Morgan fingerprint density at radius 3 is 2.64 bits per heavy atom. The number of nitrogen functional groups attached to an aromatic ring is 1. The van der Waals surface area contributed by atoms with Gasteiger partial charge in [-0.25, -0.2) is 4.98 Å². The summed E-state index contributed by atoms with van der Waals surface area (Å²) in [5, 5.41) is 46.3. The molecule has 0 amide bonds. The number of halogens is 1. The predicted octanol–water partition coefficient (Wildman–Crippen LogP) is -0.156. The number of aromatic nitrogens is 8. The summed E-state index contributed by atoms with van der Waals surface area (Å²) in [5.74, 6) is 0.460. The second-order valence-corrected chi connectivity index (χ2v) is 8.23. The lowest BCUT2D eigenvalue weighted by Crippen LogP contribution is -2.29. The van der Waals surface area contributed by atoms with E-state index < -0.39 is 24.5 Å². The number of nitrogens with zero attached hydrogens (tertiary/aromatic N) is 8. The van der Waals surface area contributed by atoms with Crippen LogP contribution in [0.3, 0.4) is 0 Å². The minimum Gasteiger partial charge on any atom is -0.394 e. The molecule has 36 heavy (non-hydrogen) atoms. The summed E-state index contributed by atoms with van der Waals surface area (Å²) in [7, 11) is 0. The van der Waals surface area contributed by atoms with Crippen LogP contribution in [-0.4, -0.2) is 79.9 Å². The van der Waals surface area contributed by atoms with Gasteiger partial charge in [-0.1, -0.05) is 30.3 Å². The van der Waals surface area contributed by atoms with Crippen LogP contribution in [0, 0.1) is 0 Å². The molecule has 0 unspecified atom stereocenters. The largest absolute Gasteiger partial charge is 0.394 e. The number of ether oxygens (including phenoxy) is 1. The Morgan fingerprint density at radius 1 is 1.17 bits per heavy atom. The molecule has 0 bridgehead atoms. The third kappa shape index (κ3) is 4.81. The van der Waals surface area contributed by atoms with Gasteiger partial charge in [-0.15, -0.1) is 22.6 Å². The number of anilines is 2. The average molecular weight is 519 g/mol. The van der Waals surface area contributed by atoms with Crippen molar-refractivity contribution in [2.45, 2.75) is 50.5 Å². The van der Waals surface area contributed by atoms with E-state index in [1.54, 1.807) is 0 Å². The fourth-order valence-corrected chi connectivity index (χ4v) is 4.04. The first-order valence-electron chi connectivity index (χ1n) is 11.2. The van der Waals surface area contributed by atoms with Gasteiger partial charge in [-0.2, -0.15) is 14.8 Å². The molecule has 192 valence electrons. The monoisotopic (exact) mass is 518 g/mol. The van der Waals surface area contributed by atoms with Crippen LogP contribution in [0.1, 0.15) is 30.6 Å². The Balaban J connectivity index is 0.00000304. The number of rotatable bonds is 8. The zero-order valence-electron chi connectivity index (χ0n) is 19.3. The summed E-state index contributed by atoms with van der Waals surface area (Å²) in [5.41, 5.74) is 7.76. The van der Waals surface area contributed by atoms with Gasteiger partial charge >= 0.3 is 0 Å². The number of imidazole rings is 1. The lowest BCUT2D eigenvalue weighted by molar-refractivity contribution is -0.0384. The van der Waals surface area contributed by atoms with Crippen LogP contribution in [-0.2, 0) is 17.7 Å². The first-order valence-corrected chi connectivity index (χ1v) is 11.2. The van der Waals surface area contributed by atoms with Crippen molar-refractivity contribution in [1.29, 1.82) is 0 Å². The summed E-state index contributed by atoms with van der Waals surface area (Å²) in [6.07, 6.45) is -2.69. The van der Waals surface area contributed by atoms with Crippen LogP contribution in [0.4, 0.5) is 11.8 Å². The highest BCUT2D eigenvalue weighted by atomic mass is 35.5. The van der Waals surface area contributed by atoms with Crippen molar-refractivity contribution in [3.63, 3.8) is 0 Å². The first kappa shape index (κ1) is 25.7. The molecule has 1 aromatic carbocycles. The molecule has 5 rings (SSSR count). The summed E-state index contributed by atoms with van der Waals surface area (Å²) >= 11 is 0. The molecule has 4 aromatic rings. The average Bonchev–Trinajstić information content (AvgIpc) is 3.58. The lowest BCUT2D eigenvalue weighted by atomic mass is 10.1. The van der Waals surface area contributed by atoms with Crippen molar-refractivity contribution in [3.8, 4) is 0 Å². The molecule has 0 aliphatic carbocycles. The van der Waals surface area contributed by atoms with E-state index in [1.807, 2.05) is 37.3 Å². The molecule has 15 heteroatoms. The normalized spacial score (nSPS) is 22.4.